The third-order valence-corrected chi connectivity index (χ3v) is 3.30. The van der Waals surface area contributed by atoms with E-state index in [4.69, 9.17) is 0 Å². The number of nitrogens with one attached hydrogen (secondary N) is 1. The van der Waals surface area contributed by atoms with Gasteiger partial charge in [-0.05, 0) is 40.8 Å². The molecule has 0 atom stereocenters. The zero-order chi connectivity index (χ0) is 11.0. The smallest absolute Gasteiger partial charge is 0.0448 e. The summed E-state index contributed by atoms with van der Waals surface area (Å²) >= 11 is 0. The number of aryl methyl sites for hydroxylation is 1. The van der Waals surface area contributed by atoms with Crippen molar-refractivity contribution in [2.45, 2.75) is 19.8 Å². The summed E-state index contributed by atoms with van der Waals surface area (Å²) in [6, 6.07) is 10.8. The molecule has 3 rings (SSSR count). The Balaban J connectivity index is 2.01. The van der Waals surface area contributed by atoms with Crippen molar-refractivity contribution in [1.29, 1.82) is 0 Å². The zero-order valence-corrected chi connectivity index (χ0v) is 9.46. The fraction of sp³-hybridized carbons (Fsp3) is 0.200. The number of fused-ring (bicyclic) bond motifs is 1. The molecule has 16 heavy (non-hydrogen) atoms. The van der Waals surface area contributed by atoms with Crippen LogP contribution < -0.4 is 0 Å². The van der Waals surface area contributed by atoms with Crippen LogP contribution >= 0.6 is 0 Å². The molecule has 1 nitrogen and oxygen atoms in total. The van der Waals surface area contributed by atoms with Gasteiger partial charge in [0.15, 0.2) is 0 Å². The highest BCUT2D eigenvalue weighted by Crippen LogP contribution is 2.32. The van der Waals surface area contributed by atoms with Gasteiger partial charge in [-0.25, -0.2) is 0 Å². The summed E-state index contributed by atoms with van der Waals surface area (Å²) in [6.07, 6.45) is 6.49. The normalized spacial score (nSPS) is 13.7. The first-order valence-electron chi connectivity index (χ1n) is 5.83. The van der Waals surface area contributed by atoms with Gasteiger partial charge in [-0.2, -0.15) is 0 Å². The lowest BCUT2D eigenvalue weighted by atomic mass is 10.0. The van der Waals surface area contributed by atoms with Crippen LogP contribution in [0.2, 0.25) is 0 Å². The van der Waals surface area contributed by atoms with Crippen molar-refractivity contribution in [3.05, 3.63) is 58.9 Å². The van der Waals surface area contributed by atoms with Crippen molar-refractivity contribution in [3.8, 4) is 0 Å². The van der Waals surface area contributed by atoms with Crippen LogP contribution in [0, 0.1) is 0 Å². The van der Waals surface area contributed by atoms with E-state index in [0.717, 1.165) is 12.8 Å². The van der Waals surface area contributed by atoms with Crippen molar-refractivity contribution >= 4 is 11.6 Å². The van der Waals surface area contributed by atoms with E-state index in [0.29, 0.717) is 0 Å². The molecule has 0 aliphatic heterocycles. The van der Waals surface area contributed by atoms with E-state index in [1.54, 1.807) is 0 Å². The number of benzene rings is 1. The second-order valence-electron chi connectivity index (χ2n) is 4.28. The molecule has 0 spiro atoms. The summed E-state index contributed by atoms with van der Waals surface area (Å²) < 4.78 is 0. The van der Waals surface area contributed by atoms with Crippen molar-refractivity contribution in [2.75, 3.05) is 0 Å². The van der Waals surface area contributed by atoms with Gasteiger partial charge in [-0.3, -0.25) is 0 Å². The van der Waals surface area contributed by atoms with Crippen LogP contribution in [0.3, 0.4) is 0 Å². The number of aromatic amines is 1. The summed E-state index contributed by atoms with van der Waals surface area (Å²) in [6.45, 7) is 2.20. The van der Waals surface area contributed by atoms with Gasteiger partial charge in [0.1, 0.15) is 0 Å². The van der Waals surface area contributed by atoms with Crippen LogP contribution in [0.25, 0.3) is 11.6 Å². The van der Waals surface area contributed by atoms with Gasteiger partial charge >= 0.3 is 0 Å². The number of hydrogen-bond donors (Lipinski definition) is 1. The third-order valence-electron chi connectivity index (χ3n) is 3.30. The second kappa shape index (κ2) is 3.67. The van der Waals surface area contributed by atoms with E-state index in [9.17, 15) is 0 Å². The monoisotopic (exact) mass is 209 g/mol. The topological polar surface area (TPSA) is 15.8 Å². The molecule has 1 aliphatic rings. The molecule has 0 unspecified atom stereocenters. The van der Waals surface area contributed by atoms with E-state index < -0.39 is 0 Å². The van der Waals surface area contributed by atoms with E-state index in [2.05, 4.69) is 48.3 Å². The average Bonchev–Trinajstić information content (AvgIpc) is 2.94. The predicted octanol–water partition coefficient (Wildman–Crippen LogP) is 3.67. The van der Waals surface area contributed by atoms with Gasteiger partial charge in [-0.15, -0.1) is 0 Å². The molecule has 1 aromatic carbocycles. The highest BCUT2D eigenvalue weighted by atomic mass is 14.7. The van der Waals surface area contributed by atoms with Gasteiger partial charge < -0.3 is 4.98 Å². The first kappa shape index (κ1) is 9.46. The molecule has 1 aromatic heterocycles. The maximum Gasteiger partial charge on any atom is 0.0448 e. The molecular formula is C15H15N. The molecule has 2 aromatic rings. The minimum atomic E-state index is 1.06. The zero-order valence-electron chi connectivity index (χ0n) is 9.46. The second-order valence-corrected chi connectivity index (χ2v) is 4.28. The largest absolute Gasteiger partial charge is 0.361 e. The molecule has 0 bridgehead atoms. The van der Waals surface area contributed by atoms with Crippen LogP contribution in [-0.4, -0.2) is 4.98 Å². The molecule has 1 aliphatic carbocycles. The number of aromatic nitrogens is 1. The van der Waals surface area contributed by atoms with E-state index in [1.165, 1.54) is 28.0 Å². The molecule has 1 N–H and O–H groups in total. The SMILES string of the molecule is CCc1cc[nH]c1C1=Cc2ccccc2C1. The number of hydrogen-bond acceptors (Lipinski definition) is 0. The van der Waals surface area contributed by atoms with Gasteiger partial charge in [-0.1, -0.05) is 31.2 Å². The molecule has 0 amide bonds. The van der Waals surface area contributed by atoms with Crippen LogP contribution in [-0.2, 0) is 12.8 Å². The summed E-state index contributed by atoms with van der Waals surface area (Å²) in [7, 11) is 0. The predicted molar refractivity (Wildman–Crippen MR) is 68.2 cm³/mol. The number of rotatable bonds is 2. The van der Waals surface area contributed by atoms with Crippen LogP contribution in [0.1, 0.15) is 29.3 Å². The molecular weight excluding hydrogens is 194 g/mol. The van der Waals surface area contributed by atoms with Gasteiger partial charge in [0.2, 0.25) is 0 Å². The van der Waals surface area contributed by atoms with Crippen molar-refractivity contribution in [1.82, 2.24) is 4.98 Å². The van der Waals surface area contributed by atoms with Crippen molar-refractivity contribution in [3.63, 3.8) is 0 Å². The Morgan fingerprint density at radius 1 is 1.19 bits per heavy atom. The van der Waals surface area contributed by atoms with E-state index in [-0.39, 0.29) is 0 Å². The Kier molecular flexibility index (Phi) is 2.17. The minimum Gasteiger partial charge on any atom is -0.361 e. The lowest BCUT2D eigenvalue weighted by molar-refractivity contribution is 1.12. The minimum absolute atomic E-state index is 1.06. The first-order valence-corrected chi connectivity index (χ1v) is 5.83. The summed E-state index contributed by atoms with van der Waals surface area (Å²) in [5.41, 5.74) is 6.96. The Labute approximate surface area is 95.8 Å². The number of H-pyrrole nitrogens is 1. The van der Waals surface area contributed by atoms with Gasteiger partial charge in [0.25, 0.3) is 0 Å². The number of allylic oxidation sites excluding steroid dienone is 1. The van der Waals surface area contributed by atoms with Crippen molar-refractivity contribution in [2.24, 2.45) is 0 Å². The van der Waals surface area contributed by atoms with Crippen molar-refractivity contribution < 1.29 is 0 Å². The Morgan fingerprint density at radius 2 is 2.06 bits per heavy atom. The van der Waals surface area contributed by atoms with Crippen LogP contribution in [0.15, 0.2) is 36.5 Å². The summed E-state index contributed by atoms with van der Waals surface area (Å²) in [4.78, 5) is 3.37. The highest BCUT2D eigenvalue weighted by molar-refractivity contribution is 5.88. The third kappa shape index (κ3) is 1.40. The maximum atomic E-state index is 3.37. The quantitative estimate of drug-likeness (QED) is 0.776. The highest BCUT2D eigenvalue weighted by Gasteiger charge is 2.15. The molecule has 0 saturated carbocycles. The van der Waals surface area contributed by atoms with E-state index >= 15 is 0 Å². The van der Waals surface area contributed by atoms with Gasteiger partial charge in [0, 0.05) is 18.3 Å². The molecule has 80 valence electrons. The molecule has 1 heteroatoms. The van der Waals surface area contributed by atoms with Crippen LogP contribution in [0.5, 0.6) is 0 Å². The molecule has 1 heterocycles. The fourth-order valence-corrected chi connectivity index (χ4v) is 2.44. The summed E-state index contributed by atoms with van der Waals surface area (Å²) in [5, 5.41) is 0. The lowest BCUT2D eigenvalue weighted by Crippen LogP contribution is -1.90. The van der Waals surface area contributed by atoms with Gasteiger partial charge in [0.05, 0.1) is 0 Å². The molecule has 0 fully saturated rings. The Bertz CT molecular complexity index is 546. The average molecular weight is 209 g/mol. The lowest BCUT2D eigenvalue weighted by Gasteiger charge is -2.02. The Hall–Kier alpha value is -1.76. The summed E-state index contributed by atoms with van der Waals surface area (Å²) in [5.74, 6) is 0. The van der Waals surface area contributed by atoms with E-state index in [1.807, 2.05) is 6.20 Å². The van der Waals surface area contributed by atoms with Crippen LogP contribution in [0.4, 0.5) is 0 Å². The first-order chi connectivity index (χ1) is 7.88. The Morgan fingerprint density at radius 3 is 2.88 bits per heavy atom. The maximum absolute atomic E-state index is 3.37. The fourth-order valence-electron chi connectivity index (χ4n) is 2.44. The molecule has 0 radical (unpaired) electrons. The standard InChI is InChI=1S/C15H15N/c1-2-11-7-8-16-15(11)14-9-12-5-3-4-6-13(12)10-14/h3-9,16H,2,10H2,1H3. The molecule has 0 saturated heterocycles.